The highest BCUT2D eigenvalue weighted by Crippen LogP contribution is 2.42. The van der Waals surface area contributed by atoms with Crippen LogP contribution in [0.2, 0.25) is 0 Å². The van der Waals surface area contributed by atoms with Crippen LogP contribution in [0, 0.1) is 0 Å². The Morgan fingerprint density at radius 3 is 1.72 bits per heavy atom. The van der Waals surface area contributed by atoms with E-state index in [1.165, 1.54) is 26.0 Å². The smallest absolute Gasteiger partial charge is 0.239 e. The molecule has 0 amide bonds. The van der Waals surface area contributed by atoms with Crippen LogP contribution in [-0.4, -0.2) is 160 Å². The minimum Gasteiger partial charge on any atom is -0.508 e. The third kappa shape index (κ3) is 7.22. The Morgan fingerprint density at radius 2 is 1.15 bits per heavy atom. The summed E-state index contributed by atoms with van der Waals surface area (Å²) in [6, 6.07) is 5.40. The molecule has 0 radical (unpaired) electrons. The maximum absolute atomic E-state index is 14.0. The molecular formula is C33H40O20. The summed E-state index contributed by atoms with van der Waals surface area (Å²) in [5.41, 5.74) is -1.58. The van der Waals surface area contributed by atoms with E-state index in [1.807, 2.05) is 0 Å². The number of phenols is 2. The molecular weight excluding hydrogens is 716 g/mol. The van der Waals surface area contributed by atoms with Crippen molar-refractivity contribution >= 4 is 11.0 Å². The Hall–Kier alpha value is -3.87. The Morgan fingerprint density at radius 1 is 0.623 bits per heavy atom. The van der Waals surface area contributed by atoms with Gasteiger partial charge in [0.15, 0.2) is 17.3 Å². The van der Waals surface area contributed by atoms with Gasteiger partial charge in [0.25, 0.3) is 0 Å². The number of aromatic hydroxyl groups is 2. The number of phenolic OH excluding ortho intramolecular Hbond substituents is 2. The second kappa shape index (κ2) is 15.1. The molecule has 0 bridgehead atoms. The maximum Gasteiger partial charge on any atom is 0.239 e. The third-order valence-corrected chi connectivity index (χ3v) is 9.31. The highest BCUT2D eigenvalue weighted by Gasteiger charge is 2.47. The van der Waals surface area contributed by atoms with E-state index < -0.39 is 133 Å². The van der Waals surface area contributed by atoms with Gasteiger partial charge in [0.2, 0.25) is 30.0 Å². The fraction of sp³-hybridized carbons (Fsp3) is 0.545. The first-order valence-corrected chi connectivity index (χ1v) is 16.4. The molecule has 20 nitrogen and oxygen atoms in total. The topological polar surface area (TPSA) is 328 Å². The van der Waals surface area contributed by atoms with E-state index in [2.05, 4.69) is 0 Å². The molecule has 1 aromatic heterocycles. The summed E-state index contributed by atoms with van der Waals surface area (Å²) in [5, 5.41) is 124. The Labute approximate surface area is 298 Å². The van der Waals surface area contributed by atoms with Crippen molar-refractivity contribution in [2.45, 2.75) is 106 Å². The molecule has 0 aliphatic carbocycles. The van der Waals surface area contributed by atoms with Crippen LogP contribution >= 0.6 is 0 Å². The lowest BCUT2D eigenvalue weighted by Gasteiger charge is -2.40. The van der Waals surface area contributed by atoms with Gasteiger partial charge in [-0.05, 0) is 32.0 Å². The third-order valence-electron chi connectivity index (χ3n) is 9.31. The molecule has 3 fully saturated rings. The van der Waals surface area contributed by atoms with Gasteiger partial charge >= 0.3 is 0 Å². The molecule has 15 atom stereocenters. The SMILES string of the molecule is C[C@@H]1O[C@@H](Oc2ccc(-c3oc4cc(O)cc(O)c4c(=O)c3O[C@@H]3O[C@H](CO)[C@H](O)[C@H](O)[C@H]3O)cc2O[C@@H]2O[C@@H](C)[C@H](O)[C@@H](O)[C@H]2O)[C@H](O)[C@H](O)[C@H]1O. The van der Waals surface area contributed by atoms with Gasteiger partial charge in [0.1, 0.15) is 83.5 Å². The van der Waals surface area contributed by atoms with E-state index >= 15 is 0 Å². The Bertz CT molecular complexity index is 1830. The number of benzene rings is 2. The number of hydrogen-bond acceptors (Lipinski definition) is 20. The van der Waals surface area contributed by atoms with Crippen LogP contribution in [0.1, 0.15) is 13.8 Å². The average molecular weight is 757 g/mol. The van der Waals surface area contributed by atoms with Crippen molar-refractivity contribution in [3.8, 4) is 40.1 Å². The van der Waals surface area contributed by atoms with Crippen molar-refractivity contribution in [3.63, 3.8) is 0 Å². The molecule has 3 aliphatic rings. The van der Waals surface area contributed by atoms with Crippen LogP contribution in [0.5, 0.6) is 28.7 Å². The monoisotopic (exact) mass is 756 g/mol. The average Bonchev–Trinajstić information content (AvgIpc) is 3.12. The zero-order valence-electron chi connectivity index (χ0n) is 27.9. The van der Waals surface area contributed by atoms with Crippen LogP contribution in [0.4, 0.5) is 0 Å². The van der Waals surface area contributed by atoms with Gasteiger partial charge in [-0.1, -0.05) is 0 Å². The van der Waals surface area contributed by atoms with Gasteiger partial charge in [-0.2, -0.15) is 0 Å². The predicted octanol–water partition coefficient (Wildman–Crippen LogP) is -3.54. The molecule has 2 aromatic carbocycles. The Balaban J connectivity index is 1.48. The number of ether oxygens (including phenoxy) is 6. The van der Waals surface area contributed by atoms with Crippen LogP contribution in [0.25, 0.3) is 22.3 Å². The molecule has 0 saturated carbocycles. The summed E-state index contributed by atoms with van der Waals surface area (Å²) in [6.45, 7) is 1.96. The number of rotatable bonds is 8. The number of hydrogen-bond donors (Lipinski definition) is 12. The molecule has 3 aromatic rings. The van der Waals surface area contributed by atoms with E-state index in [0.717, 1.165) is 18.2 Å². The van der Waals surface area contributed by atoms with Crippen molar-refractivity contribution < 1.29 is 94.1 Å². The molecule has 0 unspecified atom stereocenters. The van der Waals surface area contributed by atoms with Gasteiger partial charge < -0.3 is 94.1 Å². The summed E-state index contributed by atoms with van der Waals surface area (Å²) in [4.78, 5) is 14.0. The van der Waals surface area contributed by atoms with Gasteiger partial charge in [-0.15, -0.1) is 0 Å². The van der Waals surface area contributed by atoms with Gasteiger partial charge in [0.05, 0.1) is 18.8 Å². The zero-order valence-corrected chi connectivity index (χ0v) is 27.9. The quantitative estimate of drug-likeness (QED) is 0.106. The van der Waals surface area contributed by atoms with Gasteiger partial charge in [0, 0.05) is 17.7 Å². The van der Waals surface area contributed by atoms with Crippen LogP contribution in [0.3, 0.4) is 0 Å². The summed E-state index contributed by atoms with van der Waals surface area (Å²) >= 11 is 0. The molecule has 4 heterocycles. The zero-order chi connectivity index (χ0) is 38.6. The van der Waals surface area contributed by atoms with Gasteiger partial charge in [-0.25, -0.2) is 0 Å². The first-order chi connectivity index (χ1) is 25.0. The van der Waals surface area contributed by atoms with E-state index in [1.54, 1.807) is 0 Å². The van der Waals surface area contributed by atoms with E-state index in [0.29, 0.717) is 0 Å². The fourth-order valence-electron chi connectivity index (χ4n) is 6.16. The fourth-order valence-corrected chi connectivity index (χ4v) is 6.16. The molecule has 292 valence electrons. The lowest BCUT2D eigenvalue weighted by atomic mass is 9.99. The van der Waals surface area contributed by atoms with Crippen molar-refractivity contribution in [2.75, 3.05) is 6.61 Å². The van der Waals surface area contributed by atoms with Gasteiger partial charge in [-0.3, -0.25) is 4.79 Å². The van der Waals surface area contributed by atoms with Crippen LogP contribution in [0.15, 0.2) is 39.5 Å². The maximum atomic E-state index is 14.0. The summed E-state index contributed by atoms with van der Waals surface area (Å²) in [7, 11) is 0. The molecule has 3 saturated heterocycles. The minimum atomic E-state index is -1.99. The van der Waals surface area contributed by atoms with E-state index in [9.17, 15) is 66.1 Å². The van der Waals surface area contributed by atoms with Crippen molar-refractivity contribution in [1.82, 2.24) is 0 Å². The molecule has 12 N–H and O–H groups in total. The lowest BCUT2D eigenvalue weighted by molar-refractivity contribution is -0.277. The van der Waals surface area contributed by atoms with E-state index in [-0.39, 0.29) is 22.6 Å². The second-order valence-corrected chi connectivity index (χ2v) is 13.0. The number of aliphatic hydroxyl groups excluding tert-OH is 10. The molecule has 3 aliphatic heterocycles. The summed E-state index contributed by atoms with van der Waals surface area (Å²) in [6.07, 6.45) is -24.5. The molecule has 53 heavy (non-hydrogen) atoms. The largest absolute Gasteiger partial charge is 0.508 e. The normalized spacial score (nSPS) is 37.7. The van der Waals surface area contributed by atoms with Crippen LogP contribution < -0.4 is 19.6 Å². The van der Waals surface area contributed by atoms with Crippen LogP contribution in [-0.2, 0) is 14.2 Å². The predicted molar refractivity (Wildman–Crippen MR) is 172 cm³/mol. The summed E-state index contributed by atoms with van der Waals surface area (Å²) in [5.74, 6) is -3.14. The van der Waals surface area contributed by atoms with Crippen molar-refractivity contribution in [2.24, 2.45) is 0 Å². The first-order valence-electron chi connectivity index (χ1n) is 16.4. The molecule has 6 rings (SSSR count). The second-order valence-electron chi connectivity index (χ2n) is 13.0. The van der Waals surface area contributed by atoms with Crippen molar-refractivity contribution in [1.29, 1.82) is 0 Å². The number of aliphatic hydroxyl groups is 10. The highest BCUT2D eigenvalue weighted by molar-refractivity contribution is 5.88. The first kappa shape index (κ1) is 38.8. The standard InChI is InChI=1S/C33H40O20/c1-9-19(37)23(41)26(44)31(47-9)50-14-4-3-11(5-15(14)51-32-27(45)24(42)20(38)10(2)48-32)29-30(22(40)18-13(36)6-12(35)7-16(18)49-29)53-33-28(46)25(43)21(39)17(8-34)52-33/h3-7,9-10,17,19-21,23-28,31-39,41-46H,8H2,1-2H3/t9-,10-,17+,19-,20-,21-,23+,24+,25-,26+,27+,28+,31-,32-,33-/m0/s1. The number of fused-ring (bicyclic) bond motifs is 1. The van der Waals surface area contributed by atoms with Crippen molar-refractivity contribution in [3.05, 3.63) is 40.6 Å². The molecule has 0 spiro atoms. The summed E-state index contributed by atoms with van der Waals surface area (Å²) < 4.78 is 39.9. The Kier molecular flexibility index (Phi) is 11.1. The molecule has 20 heteroatoms. The minimum absolute atomic E-state index is 0.123. The van der Waals surface area contributed by atoms with E-state index in [4.69, 9.17) is 32.8 Å². The lowest BCUT2D eigenvalue weighted by Crippen LogP contribution is -2.60. The highest BCUT2D eigenvalue weighted by atomic mass is 16.7.